The first-order valence-corrected chi connectivity index (χ1v) is 6.51. The van der Waals surface area contributed by atoms with Crippen LogP contribution in [0.4, 0.5) is 0 Å². The molecule has 0 radical (unpaired) electrons. The second-order valence-electron chi connectivity index (χ2n) is 5.05. The molecule has 0 unspecified atom stereocenters. The molecule has 4 heteroatoms. The van der Waals surface area contributed by atoms with Gasteiger partial charge in [-0.2, -0.15) is 0 Å². The Labute approximate surface area is 115 Å². The molecule has 0 aliphatic rings. The third-order valence-corrected chi connectivity index (χ3v) is 2.85. The van der Waals surface area contributed by atoms with E-state index >= 15 is 0 Å². The van der Waals surface area contributed by atoms with E-state index in [0.717, 1.165) is 6.42 Å². The van der Waals surface area contributed by atoms with Crippen LogP contribution in [-0.2, 0) is 0 Å². The van der Waals surface area contributed by atoms with Crippen molar-refractivity contribution in [1.82, 2.24) is 5.32 Å². The van der Waals surface area contributed by atoms with Crippen molar-refractivity contribution in [3.05, 3.63) is 23.8 Å². The van der Waals surface area contributed by atoms with Crippen molar-refractivity contribution in [3.63, 3.8) is 0 Å². The summed E-state index contributed by atoms with van der Waals surface area (Å²) in [5.41, 5.74) is 0.498. The van der Waals surface area contributed by atoms with Gasteiger partial charge in [-0.25, -0.2) is 0 Å². The first kappa shape index (κ1) is 15.3. The van der Waals surface area contributed by atoms with E-state index < -0.39 is 0 Å². The number of carbonyl (C=O) groups is 1. The van der Waals surface area contributed by atoms with Gasteiger partial charge in [0.1, 0.15) is 0 Å². The van der Waals surface area contributed by atoms with Gasteiger partial charge in [0.2, 0.25) is 0 Å². The Morgan fingerprint density at radius 1 is 1.21 bits per heavy atom. The van der Waals surface area contributed by atoms with E-state index in [1.54, 1.807) is 25.3 Å². The highest BCUT2D eigenvalue weighted by Gasteiger charge is 2.18. The molecule has 1 amide bonds. The van der Waals surface area contributed by atoms with Gasteiger partial charge in [0.15, 0.2) is 11.5 Å². The van der Waals surface area contributed by atoms with Gasteiger partial charge >= 0.3 is 0 Å². The largest absolute Gasteiger partial charge is 0.493 e. The highest BCUT2D eigenvalue weighted by molar-refractivity contribution is 5.97. The molecule has 1 atom stereocenters. The van der Waals surface area contributed by atoms with Crippen LogP contribution in [0.5, 0.6) is 11.5 Å². The van der Waals surface area contributed by atoms with E-state index in [1.807, 2.05) is 6.92 Å². The molecule has 0 heterocycles. The number of amides is 1. The summed E-state index contributed by atoms with van der Waals surface area (Å²) < 4.78 is 10.5. The van der Waals surface area contributed by atoms with Crippen molar-refractivity contribution >= 4 is 5.91 Å². The zero-order valence-corrected chi connectivity index (χ0v) is 12.3. The lowest BCUT2D eigenvalue weighted by molar-refractivity contribution is 0.0932. The summed E-state index contributed by atoms with van der Waals surface area (Å²) in [6, 6.07) is 5.42. The monoisotopic (exact) mass is 265 g/mol. The fourth-order valence-electron chi connectivity index (χ4n) is 2.13. The number of rotatable bonds is 6. The highest BCUT2D eigenvalue weighted by atomic mass is 16.5. The highest BCUT2D eigenvalue weighted by Crippen LogP contribution is 2.30. The Balaban J connectivity index is 2.87. The molecular weight excluding hydrogens is 242 g/mol. The molecule has 4 nitrogen and oxygen atoms in total. The quantitative estimate of drug-likeness (QED) is 0.860. The molecule has 0 bridgehead atoms. The van der Waals surface area contributed by atoms with Gasteiger partial charge in [-0.05, 0) is 31.4 Å². The maximum Gasteiger partial charge on any atom is 0.255 e. The van der Waals surface area contributed by atoms with Crippen molar-refractivity contribution in [3.8, 4) is 11.5 Å². The molecule has 19 heavy (non-hydrogen) atoms. The first-order valence-electron chi connectivity index (χ1n) is 6.51. The topological polar surface area (TPSA) is 47.6 Å². The fraction of sp³-hybridized carbons (Fsp3) is 0.533. The number of carbonyl (C=O) groups excluding carboxylic acids is 1. The minimum atomic E-state index is -0.135. The van der Waals surface area contributed by atoms with Crippen LogP contribution in [0.2, 0.25) is 0 Å². The minimum Gasteiger partial charge on any atom is -0.493 e. The average molecular weight is 265 g/mol. The molecule has 0 fully saturated rings. The lowest BCUT2D eigenvalue weighted by atomic mass is 10.0. The molecule has 0 saturated carbocycles. The number of methoxy groups -OCH3 is 2. The van der Waals surface area contributed by atoms with E-state index in [4.69, 9.17) is 9.47 Å². The summed E-state index contributed by atoms with van der Waals surface area (Å²) in [5.74, 6) is 1.44. The second kappa shape index (κ2) is 7.02. The van der Waals surface area contributed by atoms with E-state index in [2.05, 4.69) is 19.2 Å². The molecule has 1 aromatic rings. The number of nitrogens with one attached hydrogen (secondary N) is 1. The van der Waals surface area contributed by atoms with Crippen LogP contribution < -0.4 is 14.8 Å². The molecule has 0 aliphatic carbocycles. The van der Waals surface area contributed by atoms with Gasteiger partial charge in [0.05, 0.1) is 19.8 Å². The number of hydrogen-bond acceptors (Lipinski definition) is 3. The van der Waals surface area contributed by atoms with Crippen molar-refractivity contribution < 1.29 is 14.3 Å². The van der Waals surface area contributed by atoms with Gasteiger partial charge < -0.3 is 14.8 Å². The molecular formula is C15H23NO3. The van der Waals surface area contributed by atoms with Crippen LogP contribution in [0, 0.1) is 5.92 Å². The van der Waals surface area contributed by atoms with Crippen molar-refractivity contribution in [2.75, 3.05) is 14.2 Å². The van der Waals surface area contributed by atoms with Gasteiger partial charge in [0.25, 0.3) is 5.91 Å². The maximum absolute atomic E-state index is 12.2. The van der Waals surface area contributed by atoms with Crippen molar-refractivity contribution in [2.45, 2.75) is 33.2 Å². The van der Waals surface area contributed by atoms with E-state index in [9.17, 15) is 4.79 Å². The fourth-order valence-corrected chi connectivity index (χ4v) is 2.13. The van der Waals surface area contributed by atoms with Gasteiger partial charge in [0, 0.05) is 6.04 Å². The summed E-state index contributed by atoms with van der Waals surface area (Å²) >= 11 is 0. The molecule has 0 spiro atoms. The third-order valence-electron chi connectivity index (χ3n) is 2.85. The first-order chi connectivity index (χ1) is 8.99. The normalized spacial score (nSPS) is 12.1. The Morgan fingerprint density at radius 3 is 2.42 bits per heavy atom. The van der Waals surface area contributed by atoms with Crippen LogP contribution in [-0.4, -0.2) is 26.2 Å². The van der Waals surface area contributed by atoms with Gasteiger partial charge in [-0.3, -0.25) is 4.79 Å². The van der Waals surface area contributed by atoms with E-state index in [-0.39, 0.29) is 11.9 Å². The summed E-state index contributed by atoms with van der Waals surface area (Å²) in [5, 5.41) is 2.98. The maximum atomic E-state index is 12.2. The Kier molecular flexibility index (Phi) is 5.67. The predicted molar refractivity (Wildman–Crippen MR) is 75.9 cm³/mol. The molecule has 106 valence electrons. The Bertz CT molecular complexity index is 429. The van der Waals surface area contributed by atoms with Crippen LogP contribution in [0.1, 0.15) is 37.6 Å². The number of para-hydroxylation sites is 1. The minimum absolute atomic E-state index is 0.128. The SMILES string of the molecule is COc1cccc(C(=O)N[C@H](C)CC(C)C)c1OC. The molecule has 1 rings (SSSR count). The Hall–Kier alpha value is -1.71. The van der Waals surface area contributed by atoms with Crippen molar-refractivity contribution in [1.29, 1.82) is 0 Å². The zero-order chi connectivity index (χ0) is 14.4. The Morgan fingerprint density at radius 2 is 1.89 bits per heavy atom. The smallest absolute Gasteiger partial charge is 0.255 e. The van der Waals surface area contributed by atoms with Gasteiger partial charge in [-0.15, -0.1) is 0 Å². The standard InChI is InChI=1S/C15H23NO3/c1-10(2)9-11(3)16-15(17)12-7-6-8-13(18-4)14(12)19-5/h6-8,10-11H,9H2,1-5H3,(H,16,17)/t11-/m1/s1. The van der Waals surface area contributed by atoms with Crippen molar-refractivity contribution in [2.24, 2.45) is 5.92 Å². The molecule has 1 N–H and O–H groups in total. The molecule has 0 aliphatic heterocycles. The van der Waals surface area contributed by atoms with E-state index in [0.29, 0.717) is 23.0 Å². The predicted octanol–water partition coefficient (Wildman–Crippen LogP) is 2.87. The zero-order valence-electron chi connectivity index (χ0n) is 12.3. The summed E-state index contributed by atoms with van der Waals surface area (Å²) in [6.07, 6.45) is 0.942. The number of ether oxygens (including phenoxy) is 2. The molecule has 0 aromatic heterocycles. The summed E-state index contributed by atoms with van der Waals surface area (Å²) in [7, 11) is 3.09. The van der Waals surface area contributed by atoms with Gasteiger partial charge in [-0.1, -0.05) is 19.9 Å². The van der Waals surface area contributed by atoms with Crippen LogP contribution in [0.25, 0.3) is 0 Å². The van der Waals surface area contributed by atoms with Crippen LogP contribution in [0.3, 0.4) is 0 Å². The molecule has 0 saturated heterocycles. The average Bonchev–Trinajstić information content (AvgIpc) is 2.36. The van der Waals surface area contributed by atoms with E-state index in [1.165, 1.54) is 7.11 Å². The lowest BCUT2D eigenvalue weighted by Gasteiger charge is -2.17. The van der Waals surface area contributed by atoms with Crippen LogP contribution in [0.15, 0.2) is 18.2 Å². The second-order valence-corrected chi connectivity index (χ2v) is 5.05. The summed E-state index contributed by atoms with van der Waals surface area (Å²) in [4.78, 5) is 12.2. The lowest BCUT2D eigenvalue weighted by Crippen LogP contribution is -2.33. The number of hydrogen-bond donors (Lipinski definition) is 1. The number of benzene rings is 1. The third kappa shape index (κ3) is 4.16. The molecule has 1 aromatic carbocycles. The van der Waals surface area contributed by atoms with Crippen LogP contribution >= 0.6 is 0 Å². The summed E-state index contributed by atoms with van der Waals surface area (Å²) in [6.45, 7) is 6.27.